The lowest BCUT2D eigenvalue weighted by atomic mass is 9.87. The molecule has 2 saturated carbocycles. The second-order valence-corrected chi connectivity index (χ2v) is 7.84. The molecule has 5 atom stereocenters. The summed E-state index contributed by atoms with van der Waals surface area (Å²) < 4.78 is 0. The second-order valence-electron chi connectivity index (χ2n) is 7.84. The van der Waals surface area contributed by atoms with Crippen LogP contribution >= 0.6 is 0 Å². The summed E-state index contributed by atoms with van der Waals surface area (Å²) in [6.45, 7) is 11.0. The van der Waals surface area contributed by atoms with E-state index in [-0.39, 0.29) is 0 Å². The molecule has 0 aromatic carbocycles. The fourth-order valence-electron chi connectivity index (χ4n) is 4.81. The van der Waals surface area contributed by atoms with Crippen LogP contribution in [0.5, 0.6) is 0 Å². The van der Waals surface area contributed by atoms with E-state index < -0.39 is 0 Å². The molecule has 0 spiro atoms. The van der Waals surface area contributed by atoms with Gasteiger partial charge in [-0.05, 0) is 70.3 Å². The zero-order chi connectivity index (χ0) is 13.5. The molecule has 3 aliphatic rings. The molecule has 1 heterocycles. The largest absolute Gasteiger partial charge is 0.310 e. The van der Waals surface area contributed by atoms with E-state index in [0.717, 1.165) is 23.8 Å². The highest BCUT2D eigenvalue weighted by Crippen LogP contribution is 2.48. The SMILES string of the molecule is CCC1(C)CN(CC2CC3CCC2C3)C(C)CCN1. The molecule has 3 fully saturated rings. The van der Waals surface area contributed by atoms with Gasteiger partial charge in [0.25, 0.3) is 0 Å². The molecule has 0 aromatic rings. The van der Waals surface area contributed by atoms with Gasteiger partial charge >= 0.3 is 0 Å². The van der Waals surface area contributed by atoms with Crippen molar-refractivity contribution in [3.05, 3.63) is 0 Å². The van der Waals surface area contributed by atoms with Crippen LogP contribution in [0.25, 0.3) is 0 Å². The second kappa shape index (κ2) is 5.37. The first-order chi connectivity index (χ1) is 9.09. The monoisotopic (exact) mass is 264 g/mol. The summed E-state index contributed by atoms with van der Waals surface area (Å²) in [5, 5.41) is 3.79. The molecular weight excluding hydrogens is 232 g/mol. The highest BCUT2D eigenvalue weighted by atomic mass is 15.2. The average Bonchev–Trinajstić information content (AvgIpc) is 2.96. The molecule has 1 aliphatic heterocycles. The Bertz CT molecular complexity index is 316. The van der Waals surface area contributed by atoms with Gasteiger partial charge in [-0.2, -0.15) is 0 Å². The predicted molar refractivity (Wildman–Crippen MR) is 81.3 cm³/mol. The standard InChI is InChI=1S/C17H32N2/c1-4-17(3)12-19(13(2)7-8-18-17)11-16-10-14-5-6-15(16)9-14/h13-16,18H,4-12H2,1-3H3. The third kappa shape index (κ3) is 2.85. The summed E-state index contributed by atoms with van der Waals surface area (Å²) in [5.74, 6) is 3.18. The van der Waals surface area contributed by atoms with Crippen molar-refractivity contribution in [3.63, 3.8) is 0 Å². The van der Waals surface area contributed by atoms with Crippen molar-refractivity contribution in [2.75, 3.05) is 19.6 Å². The van der Waals surface area contributed by atoms with E-state index in [1.54, 1.807) is 6.42 Å². The molecular formula is C17H32N2. The molecule has 0 amide bonds. The third-order valence-electron chi connectivity index (χ3n) is 6.42. The fraction of sp³-hybridized carbons (Fsp3) is 1.00. The molecule has 110 valence electrons. The minimum atomic E-state index is 0.336. The number of nitrogens with one attached hydrogen (secondary N) is 1. The molecule has 2 bridgehead atoms. The van der Waals surface area contributed by atoms with Gasteiger partial charge in [0.2, 0.25) is 0 Å². The van der Waals surface area contributed by atoms with Gasteiger partial charge in [-0.3, -0.25) is 4.90 Å². The van der Waals surface area contributed by atoms with Crippen LogP contribution in [0.15, 0.2) is 0 Å². The topological polar surface area (TPSA) is 15.3 Å². The minimum absolute atomic E-state index is 0.336. The maximum absolute atomic E-state index is 3.79. The van der Waals surface area contributed by atoms with Crippen LogP contribution in [-0.4, -0.2) is 36.1 Å². The van der Waals surface area contributed by atoms with Gasteiger partial charge in [0.1, 0.15) is 0 Å². The lowest BCUT2D eigenvalue weighted by molar-refractivity contribution is 0.126. The molecule has 2 heteroatoms. The zero-order valence-electron chi connectivity index (χ0n) is 13.1. The van der Waals surface area contributed by atoms with Crippen molar-refractivity contribution in [1.29, 1.82) is 0 Å². The van der Waals surface area contributed by atoms with Crippen LogP contribution in [0.1, 0.15) is 59.3 Å². The maximum atomic E-state index is 3.79. The van der Waals surface area contributed by atoms with Gasteiger partial charge in [0, 0.05) is 24.7 Å². The zero-order valence-corrected chi connectivity index (χ0v) is 13.1. The lowest BCUT2D eigenvalue weighted by Gasteiger charge is -2.37. The average molecular weight is 264 g/mol. The van der Waals surface area contributed by atoms with Crippen molar-refractivity contribution in [2.24, 2.45) is 17.8 Å². The van der Waals surface area contributed by atoms with E-state index in [4.69, 9.17) is 0 Å². The Labute approximate surface area is 119 Å². The Morgan fingerprint density at radius 3 is 2.68 bits per heavy atom. The molecule has 1 N–H and O–H groups in total. The molecule has 2 nitrogen and oxygen atoms in total. The van der Waals surface area contributed by atoms with Gasteiger partial charge in [0.15, 0.2) is 0 Å². The van der Waals surface area contributed by atoms with Crippen molar-refractivity contribution in [3.8, 4) is 0 Å². The minimum Gasteiger partial charge on any atom is -0.310 e. The maximum Gasteiger partial charge on any atom is 0.0277 e. The van der Waals surface area contributed by atoms with E-state index in [1.807, 2.05) is 0 Å². The summed E-state index contributed by atoms with van der Waals surface area (Å²) in [4.78, 5) is 2.81. The summed E-state index contributed by atoms with van der Waals surface area (Å²) in [5.41, 5.74) is 0.336. The highest BCUT2D eigenvalue weighted by molar-refractivity contribution is 4.95. The van der Waals surface area contributed by atoms with E-state index in [0.29, 0.717) is 5.54 Å². The number of nitrogens with zero attached hydrogens (tertiary/aromatic N) is 1. The normalized spacial score (nSPS) is 47.5. The highest BCUT2D eigenvalue weighted by Gasteiger charge is 2.41. The number of hydrogen-bond donors (Lipinski definition) is 1. The van der Waals surface area contributed by atoms with E-state index in [9.17, 15) is 0 Å². The Kier molecular flexibility index (Phi) is 3.92. The van der Waals surface area contributed by atoms with E-state index >= 15 is 0 Å². The van der Waals surface area contributed by atoms with E-state index in [2.05, 4.69) is 31.0 Å². The van der Waals surface area contributed by atoms with Gasteiger partial charge in [-0.15, -0.1) is 0 Å². The van der Waals surface area contributed by atoms with Crippen molar-refractivity contribution < 1.29 is 0 Å². The lowest BCUT2D eigenvalue weighted by Crippen LogP contribution is -2.50. The van der Waals surface area contributed by atoms with Gasteiger partial charge < -0.3 is 5.32 Å². The number of fused-ring (bicyclic) bond motifs is 2. The molecule has 2 aliphatic carbocycles. The first-order valence-electron chi connectivity index (χ1n) is 8.59. The van der Waals surface area contributed by atoms with Crippen LogP contribution in [0, 0.1) is 17.8 Å². The smallest absolute Gasteiger partial charge is 0.0277 e. The quantitative estimate of drug-likeness (QED) is 0.841. The molecule has 3 rings (SSSR count). The number of rotatable bonds is 3. The van der Waals surface area contributed by atoms with Crippen molar-refractivity contribution in [1.82, 2.24) is 10.2 Å². The Morgan fingerprint density at radius 2 is 2.05 bits per heavy atom. The third-order valence-corrected chi connectivity index (χ3v) is 6.42. The Morgan fingerprint density at radius 1 is 1.21 bits per heavy atom. The summed E-state index contributed by atoms with van der Waals surface area (Å²) >= 11 is 0. The van der Waals surface area contributed by atoms with Gasteiger partial charge in [-0.1, -0.05) is 13.3 Å². The van der Waals surface area contributed by atoms with Crippen LogP contribution in [0.2, 0.25) is 0 Å². The first kappa shape index (κ1) is 13.9. The fourth-order valence-corrected chi connectivity index (χ4v) is 4.81. The molecule has 1 saturated heterocycles. The number of hydrogen-bond acceptors (Lipinski definition) is 2. The molecule has 19 heavy (non-hydrogen) atoms. The van der Waals surface area contributed by atoms with Crippen LogP contribution in [-0.2, 0) is 0 Å². The molecule has 0 radical (unpaired) electrons. The molecule has 5 unspecified atom stereocenters. The molecule has 0 aromatic heterocycles. The summed E-state index contributed by atoms with van der Waals surface area (Å²) in [6.07, 6.45) is 8.70. The van der Waals surface area contributed by atoms with Crippen molar-refractivity contribution >= 4 is 0 Å². The Balaban J connectivity index is 1.64. The van der Waals surface area contributed by atoms with E-state index in [1.165, 1.54) is 51.7 Å². The van der Waals surface area contributed by atoms with Crippen LogP contribution in [0.4, 0.5) is 0 Å². The van der Waals surface area contributed by atoms with Crippen LogP contribution in [0.3, 0.4) is 0 Å². The van der Waals surface area contributed by atoms with Crippen LogP contribution < -0.4 is 5.32 Å². The van der Waals surface area contributed by atoms with Gasteiger partial charge in [-0.25, -0.2) is 0 Å². The van der Waals surface area contributed by atoms with Crippen molar-refractivity contribution in [2.45, 2.75) is 70.9 Å². The summed E-state index contributed by atoms with van der Waals surface area (Å²) in [6, 6.07) is 0.764. The first-order valence-corrected chi connectivity index (χ1v) is 8.59. The Hall–Kier alpha value is -0.0800. The summed E-state index contributed by atoms with van der Waals surface area (Å²) in [7, 11) is 0. The van der Waals surface area contributed by atoms with Gasteiger partial charge in [0.05, 0.1) is 0 Å². The predicted octanol–water partition coefficient (Wildman–Crippen LogP) is 3.28.